The third kappa shape index (κ3) is 2.87. The van der Waals surface area contributed by atoms with Gasteiger partial charge in [0.2, 0.25) is 0 Å². The van der Waals surface area contributed by atoms with Crippen LogP contribution in [0.5, 0.6) is 0 Å². The van der Waals surface area contributed by atoms with Crippen molar-refractivity contribution in [1.82, 2.24) is 5.32 Å². The summed E-state index contributed by atoms with van der Waals surface area (Å²) in [5, 5.41) is 14.4. The summed E-state index contributed by atoms with van der Waals surface area (Å²) in [6.07, 6.45) is 1.23. The number of fused-ring (bicyclic) bond motifs is 1. The Kier molecular flexibility index (Phi) is 3.93. The molecule has 1 aromatic carbocycles. The van der Waals surface area contributed by atoms with Crippen LogP contribution < -0.4 is 5.32 Å². The Morgan fingerprint density at radius 2 is 2.05 bits per heavy atom. The molecule has 3 aromatic rings. The number of carboxylic acid groups (broad SMARTS) is 1. The first kappa shape index (κ1) is 14.3. The quantitative estimate of drug-likeness (QED) is 0.756. The number of rotatable bonds is 5. The highest BCUT2D eigenvalue weighted by molar-refractivity contribution is 7.10. The summed E-state index contributed by atoms with van der Waals surface area (Å²) < 4.78 is 5.35. The van der Waals surface area contributed by atoms with Gasteiger partial charge in [-0.2, -0.15) is 0 Å². The Morgan fingerprint density at radius 1 is 1.23 bits per heavy atom. The Morgan fingerprint density at radius 3 is 2.77 bits per heavy atom. The number of carboxylic acids is 1. The molecule has 0 aliphatic carbocycles. The lowest BCUT2D eigenvalue weighted by molar-refractivity contribution is -0.137. The molecule has 0 aliphatic rings. The van der Waals surface area contributed by atoms with Crippen LogP contribution in [0.1, 0.15) is 27.7 Å². The molecule has 1 amide bonds. The van der Waals surface area contributed by atoms with Gasteiger partial charge in [0.05, 0.1) is 18.0 Å². The van der Waals surface area contributed by atoms with Crippen molar-refractivity contribution in [3.05, 3.63) is 58.5 Å². The lowest BCUT2D eigenvalue weighted by atomic mass is 10.1. The predicted octanol–water partition coefficient (Wildman–Crippen LogP) is 3.44. The van der Waals surface area contributed by atoms with Gasteiger partial charge in [-0.05, 0) is 17.5 Å². The second-order valence-corrected chi connectivity index (χ2v) is 5.76. The third-order valence-electron chi connectivity index (χ3n) is 3.30. The first-order valence-electron chi connectivity index (χ1n) is 6.67. The smallest absolute Gasteiger partial charge is 0.305 e. The normalized spacial score (nSPS) is 12.2. The van der Waals surface area contributed by atoms with E-state index in [9.17, 15) is 9.59 Å². The van der Waals surface area contributed by atoms with Gasteiger partial charge in [-0.15, -0.1) is 11.3 Å². The van der Waals surface area contributed by atoms with Crippen molar-refractivity contribution in [2.45, 2.75) is 12.5 Å². The molecular formula is C16H13NO4S. The molecule has 0 saturated heterocycles. The summed E-state index contributed by atoms with van der Waals surface area (Å²) in [5.41, 5.74) is 1.03. The van der Waals surface area contributed by atoms with Crippen LogP contribution >= 0.6 is 11.3 Å². The van der Waals surface area contributed by atoms with Crippen LogP contribution in [0.2, 0.25) is 0 Å². The topological polar surface area (TPSA) is 79.5 Å². The lowest BCUT2D eigenvalue weighted by Crippen LogP contribution is -2.29. The highest BCUT2D eigenvalue weighted by Crippen LogP contribution is 2.25. The van der Waals surface area contributed by atoms with Crippen molar-refractivity contribution >= 4 is 34.2 Å². The zero-order chi connectivity index (χ0) is 15.5. The van der Waals surface area contributed by atoms with Gasteiger partial charge in [0.15, 0.2) is 0 Å². The van der Waals surface area contributed by atoms with E-state index >= 15 is 0 Å². The molecule has 22 heavy (non-hydrogen) atoms. The summed E-state index contributed by atoms with van der Waals surface area (Å²) in [6.45, 7) is 0. The van der Waals surface area contributed by atoms with E-state index < -0.39 is 12.0 Å². The van der Waals surface area contributed by atoms with Gasteiger partial charge in [0, 0.05) is 10.3 Å². The van der Waals surface area contributed by atoms with Gasteiger partial charge >= 0.3 is 5.97 Å². The molecule has 0 unspecified atom stereocenters. The molecule has 112 valence electrons. The summed E-state index contributed by atoms with van der Waals surface area (Å²) in [6, 6.07) is 10.3. The fourth-order valence-electron chi connectivity index (χ4n) is 2.28. The van der Waals surface area contributed by atoms with E-state index in [1.54, 1.807) is 12.1 Å². The van der Waals surface area contributed by atoms with Crippen molar-refractivity contribution in [3.8, 4) is 0 Å². The van der Waals surface area contributed by atoms with Crippen LogP contribution in [0, 0.1) is 0 Å². The number of furan rings is 1. The Labute approximate surface area is 130 Å². The van der Waals surface area contributed by atoms with E-state index in [1.807, 2.05) is 29.6 Å². The molecule has 1 atom stereocenters. The second kappa shape index (κ2) is 6.03. The van der Waals surface area contributed by atoms with Gasteiger partial charge in [-0.25, -0.2) is 0 Å². The molecule has 0 radical (unpaired) electrons. The van der Waals surface area contributed by atoms with Crippen LogP contribution in [0.25, 0.3) is 11.0 Å². The summed E-state index contributed by atoms with van der Waals surface area (Å²) in [7, 11) is 0. The minimum absolute atomic E-state index is 0.165. The molecule has 0 aliphatic heterocycles. The summed E-state index contributed by atoms with van der Waals surface area (Å²) in [5.74, 6) is -1.31. The van der Waals surface area contributed by atoms with Crippen LogP contribution in [0.4, 0.5) is 0 Å². The van der Waals surface area contributed by atoms with Crippen LogP contribution in [-0.2, 0) is 4.79 Å². The van der Waals surface area contributed by atoms with Gasteiger partial charge in [0.1, 0.15) is 11.8 Å². The van der Waals surface area contributed by atoms with Crippen LogP contribution in [-0.4, -0.2) is 17.0 Å². The third-order valence-corrected chi connectivity index (χ3v) is 4.28. The molecule has 2 N–H and O–H groups in total. The van der Waals surface area contributed by atoms with Crippen molar-refractivity contribution in [1.29, 1.82) is 0 Å². The molecule has 0 bridgehead atoms. The van der Waals surface area contributed by atoms with Gasteiger partial charge < -0.3 is 14.8 Å². The average Bonchev–Trinajstić information content (AvgIpc) is 3.15. The van der Waals surface area contributed by atoms with E-state index in [-0.39, 0.29) is 12.3 Å². The van der Waals surface area contributed by atoms with Crippen molar-refractivity contribution in [2.75, 3.05) is 0 Å². The summed E-state index contributed by atoms with van der Waals surface area (Å²) >= 11 is 1.41. The lowest BCUT2D eigenvalue weighted by Gasteiger charge is -2.15. The minimum Gasteiger partial charge on any atom is -0.481 e. The molecular weight excluding hydrogens is 302 g/mol. The van der Waals surface area contributed by atoms with Gasteiger partial charge in [-0.3, -0.25) is 9.59 Å². The Balaban J connectivity index is 1.86. The SMILES string of the molecule is O=C(O)C[C@H](NC(=O)c1coc2ccccc12)c1cccs1. The number of hydrogen-bond donors (Lipinski definition) is 2. The Bertz CT molecular complexity index is 807. The number of para-hydroxylation sites is 1. The number of aliphatic carboxylic acids is 1. The molecule has 2 heterocycles. The predicted molar refractivity (Wildman–Crippen MR) is 83.0 cm³/mol. The van der Waals surface area contributed by atoms with E-state index in [2.05, 4.69) is 5.32 Å². The highest BCUT2D eigenvalue weighted by Gasteiger charge is 2.21. The highest BCUT2D eigenvalue weighted by atomic mass is 32.1. The monoisotopic (exact) mass is 315 g/mol. The molecule has 5 nitrogen and oxygen atoms in total. The molecule has 0 fully saturated rings. The fraction of sp³-hybridized carbons (Fsp3) is 0.125. The number of carbonyl (C=O) groups excluding carboxylic acids is 1. The first-order chi connectivity index (χ1) is 10.6. The number of thiophene rings is 1. The van der Waals surface area contributed by atoms with Crippen molar-refractivity contribution in [3.63, 3.8) is 0 Å². The number of benzene rings is 1. The average molecular weight is 315 g/mol. The zero-order valence-electron chi connectivity index (χ0n) is 11.5. The van der Waals surface area contributed by atoms with Crippen LogP contribution in [0.3, 0.4) is 0 Å². The molecule has 3 rings (SSSR count). The van der Waals surface area contributed by atoms with E-state index in [4.69, 9.17) is 9.52 Å². The first-order valence-corrected chi connectivity index (χ1v) is 7.55. The van der Waals surface area contributed by atoms with E-state index in [0.29, 0.717) is 16.5 Å². The standard InChI is InChI=1S/C16H13NO4S/c18-15(19)8-12(14-6-3-7-22-14)17-16(20)11-9-21-13-5-2-1-4-10(11)13/h1-7,9,12H,8H2,(H,17,20)(H,18,19)/t12-/m0/s1. The van der Waals surface area contributed by atoms with Crippen molar-refractivity contribution in [2.24, 2.45) is 0 Å². The molecule has 0 spiro atoms. The second-order valence-electron chi connectivity index (χ2n) is 4.78. The van der Waals surface area contributed by atoms with Crippen molar-refractivity contribution < 1.29 is 19.1 Å². The number of carbonyl (C=O) groups is 2. The van der Waals surface area contributed by atoms with Gasteiger partial charge in [0.25, 0.3) is 5.91 Å². The van der Waals surface area contributed by atoms with E-state index in [0.717, 1.165) is 4.88 Å². The maximum Gasteiger partial charge on any atom is 0.305 e. The number of amides is 1. The van der Waals surface area contributed by atoms with E-state index in [1.165, 1.54) is 17.6 Å². The maximum absolute atomic E-state index is 12.4. The molecule has 0 saturated carbocycles. The molecule has 2 aromatic heterocycles. The largest absolute Gasteiger partial charge is 0.481 e. The molecule has 6 heteroatoms. The number of nitrogens with one attached hydrogen (secondary N) is 1. The van der Waals surface area contributed by atoms with Crippen LogP contribution in [0.15, 0.2) is 52.5 Å². The Hall–Kier alpha value is -2.60. The zero-order valence-corrected chi connectivity index (χ0v) is 12.3. The summed E-state index contributed by atoms with van der Waals surface area (Å²) in [4.78, 5) is 24.3. The van der Waals surface area contributed by atoms with Gasteiger partial charge in [-0.1, -0.05) is 24.3 Å². The minimum atomic E-state index is -0.962. The fourth-order valence-corrected chi connectivity index (χ4v) is 3.05. The number of hydrogen-bond acceptors (Lipinski definition) is 4. The maximum atomic E-state index is 12.4.